The fourth-order valence-electron chi connectivity index (χ4n) is 2.59. The summed E-state index contributed by atoms with van der Waals surface area (Å²) >= 11 is 0. The summed E-state index contributed by atoms with van der Waals surface area (Å²) < 4.78 is 0. The largest absolute Gasteiger partial charge is 0.370 e. The van der Waals surface area contributed by atoms with Crippen LogP contribution in [-0.4, -0.2) is 31.5 Å². The smallest absolute Gasteiger partial charge is 0.193 e. The van der Waals surface area contributed by atoms with Gasteiger partial charge in [-0.15, -0.1) is 24.0 Å². The van der Waals surface area contributed by atoms with E-state index in [-0.39, 0.29) is 30.0 Å². The minimum absolute atomic E-state index is 0. The number of hydrogen-bond acceptors (Lipinski definition) is 2. The maximum absolute atomic E-state index is 6.08. The van der Waals surface area contributed by atoms with E-state index >= 15 is 0 Å². The molecule has 0 amide bonds. The second-order valence-electron chi connectivity index (χ2n) is 6.52. The van der Waals surface area contributed by atoms with Crippen molar-refractivity contribution in [2.75, 3.05) is 26.0 Å². The zero-order valence-electron chi connectivity index (χ0n) is 15.4. The van der Waals surface area contributed by atoms with Crippen LogP contribution in [0.2, 0.25) is 0 Å². The highest BCUT2D eigenvalue weighted by atomic mass is 127. The molecule has 0 aliphatic rings. The maximum Gasteiger partial charge on any atom is 0.193 e. The first-order chi connectivity index (χ1) is 11.5. The average molecular weight is 452 g/mol. The van der Waals surface area contributed by atoms with Gasteiger partial charge in [0.1, 0.15) is 0 Å². The maximum atomic E-state index is 6.08. The lowest BCUT2D eigenvalue weighted by molar-refractivity contribution is 0.306. The summed E-state index contributed by atoms with van der Waals surface area (Å²) in [7, 11) is 4.12. The van der Waals surface area contributed by atoms with E-state index in [0.717, 1.165) is 5.69 Å². The molecule has 0 spiro atoms. The van der Waals surface area contributed by atoms with Gasteiger partial charge in [0.15, 0.2) is 5.96 Å². The van der Waals surface area contributed by atoms with E-state index in [1.54, 1.807) is 0 Å². The number of nitrogens with two attached hydrogens (primary N) is 1. The van der Waals surface area contributed by atoms with Crippen molar-refractivity contribution in [2.45, 2.75) is 25.8 Å². The Bertz CT molecular complexity index is 668. The molecule has 0 saturated heterocycles. The first-order valence-electron chi connectivity index (χ1n) is 8.35. The second-order valence-corrected chi connectivity index (χ2v) is 6.52. The van der Waals surface area contributed by atoms with E-state index in [2.05, 4.69) is 79.6 Å². The monoisotopic (exact) mass is 452 g/mol. The molecule has 136 valence electrons. The fraction of sp³-hybridized carbons (Fsp3) is 0.350. The van der Waals surface area contributed by atoms with Crippen LogP contribution in [0.15, 0.2) is 59.6 Å². The summed E-state index contributed by atoms with van der Waals surface area (Å²) in [5, 5.41) is 3.19. The molecule has 25 heavy (non-hydrogen) atoms. The Morgan fingerprint density at radius 3 is 2.28 bits per heavy atom. The van der Waals surface area contributed by atoms with Crippen LogP contribution in [0.5, 0.6) is 0 Å². The van der Waals surface area contributed by atoms with Gasteiger partial charge in [0.25, 0.3) is 0 Å². The first-order valence-corrected chi connectivity index (χ1v) is 8.35. The molecule has 2 aromatic carbocycles. The van der Waals surface area contributed by atoms with Gasteiger partial charge < -0.3 is 16.0 Å². The third kappa shape index (κ3) is 6.66. The molecular formula is C20H29IN4. The van der Waals surface area contributed by atoms with E-state index in [1.165, 1.54) is 11.1 Å². The molecule has 5 heteroatoms. The lowest BCUT2D eigenvalue weighted by Gasteiger charge is -2.23. The number of halogens is 1. The summed E-state index contributed by atoms with van der Waals surface area (Å²) in [6.45, 7) is 4.97. The summed E-state index contributed by atoms with van der Waals surface area (Å²) in [6, 6.07) is 18.9. The van der Waals surface area contributed by atoms with Gasteiger partial charge >= 0.3 is 0 Å². The minimum atomic E-state index is 0. The number of nitrogens with one attached hydrogen (secondary N) is 1. The molecule has 4 nitrogen and oxygen atoms in total. The van der Waals surface area contributed by atoms with Crippen molar-refractivity contribution >= 4 is 35.6 Å². The number of hydrogen-bond donors (Lipinski definition) is 2. The Morgan fingerprint density at radius 1 is 1.04 bits per heavy atom. The lowest BCUT2D eigenvalue weighted by atomic mass is 10.0. The average Bonchev–Trinajstić information content (AvgIpc) is 2.56. The summed E-state index contributed by atoms with van der Waals surface area (Å²) in [5.74, 6) is 0.930. The topological polar surface area (TPSA) is 53.6 Å². The Balaban J connectivity index is 0.00000312. The van der Waals surface area contributed by atoms with E-state index in [9.17, 15) is 0 Å². The number of likely N-dealkylation sites (N-methyl/N-ethyl adjacent to an activating group) is 1. The van der Waals surface area contributed by atoms with Crippen LogP contribution in [-0.2, 0) is 0 Å². The van der Waals surface area contributed by atoms with Crippen molar-refractivity contribution < 1.29 is 0 Å². The van der Waals surface area contributed by atoms with Crippen LogP contribution in [0.3, 0.4) is 0 Å². The highest BCUT2D eigenvalue weighted by molar-refractivity contribution is 14.0. The highest BCUT2D eigenvalue weighted by Gasteiger charge is 2.13. The Hall–Kier alpha value is -1.60. The van der Waals surface area contributed by atoms with Gasteiger partial charge in [-0.3, -0.25) is 4.99 Å². The number of nitrogens with zero attached hydrogens (tertiary/aromatic N) is 2. The Labute approximate surface area is 168 Å². The van der Waals surface area contributed by atoms with Gasteiger partial charge in [-0.05, 0) is 43.3 Å². The normalized spacial score (nSPS) is 12.8. The molecular weight excluding hydrogens is 423 g/mol. The minimum Gasteiger partial charge on any atom is -0.370 e. The molecule has 2 aromatic rings. The van der Waals surface area contributed by atoms with Gasteiger partial charge in [0, 0.05) is 5.69 Å². The summed E-state index contributed by atoms with van der Waals surface area (Å²) in [5.41, 5.74) is 9.57. The second kappa shape index (κ2) is 10.4. The Morgan fingerprint density at radius 2 is 1.68 bits per heavy atom. The third-order valence-electron chi connectivity index (χ3n) is 4.07. The van der Waals surface area contributed by atoms with Crippen LogP contribution in [0.4, 0.5) is 5.69 Å². The fourth-order valence-corrected chi connectivity index (χ4v) is 2.59. The predicted molar refractivity (Wildman–Crippen MR) is 119 cm³/mol. The zero-order valence-corrected chi connectivity index (χ0v) is 17.8. The molecule has 0 heterocycles. The van der Waals surface area contributed by atoms with Crippen molar-refractivity contribution in [3.8, 4) is 0 Å². The molecule has 0 radical (unpaired) electrons. The molecule has 1 unspecified atom stereocenters. The number of anilines is 1. The van der Waals surface area contributed by atoms with Crippen LogP contribution < -0.4 is 11.1 Å². The first kappa shape index (κ1) is 21.4. The SMILES string of the molecule is CC(C)c1cccc(NC(N)=NCC(c2ccccc2)N(C)C)c1.I. The molecule has 2 rings (SSSR count). The van der Waals surface area contributed by atoms with Crippen LogP contribution in [0.1, 0.15) is 36.9 Å². The molecule has 0 saturated carbocycles. The van der Waals surface area contributed by atoms with Crippen LogP contribution in [0.25, 0.3) is 0 Å². The van der Waals surface area contributed by atoms with Crippen LogP contribution >= 0.6 is 24.0 Å². The molecule has 0 bridgehead atoms. The van der Waals surface area contributed by atoms with E-state index in [4.69, 9.17) is 5.73 Å². The Kier molecular flexibility index (Phi) is 8.92. The summed E-state index contributed by atoms with van der Waals surface area (Å²) in [6.07, 6.45) is 0. The predicted octanol–water partition coefficient (Wildman–Crippen LogP) is 4.46. The van der Waals surface area contributed by atoms with Crippen molar-refractivity contribution in [3.63, 3.8) is 0 Å². The molecule has 0 fully saturated rings. The molecule has 0 aliphatic carbocycles. The molecule has 0 aliphatic heterocycles. The number of aliphatic imine (C=N–C) groups is 1. The molecule has 1 atom stereocenters. The molecule has 3 N–H and O–H groups in total. The lowest BCUT2D eigenvalue weighted by Crippen LogP contribution is -2.27. The third-order valence-corrected chi connectivity index (χ3v) is 4.07. The van der Waals surface area contributed by atoms with Gasteiger partial charge in [-0.25, -0.2) is 0 Å². The van der Waals surface area contributed by atoms with Gasteiger partial charge in [0.05, 0.1) is 12.6 Å². The van der Waals surface area contributed by atoms with Gasteiger partial charge in [-0.2, -0.15) is 0 Å². The zero-order chi connectivity index (χ0) is 17.5. The van der Waals surface area contributed by atoms with E-state index < -0.39 is 0 Å². The quantitative estimate of drug-likeness (QED) is 0.387. The molecule has 0 aromatic heterocycles. The number of rotatable bonds is 6. The van der Waals surface area contributed by atoms with E-state index in [1.807, 2.05) is 18.2 Å². The number of guanidine groups is 1. The van der Waals surface area contributed by atoms with Crippen molar-refractivity contribution in [2.24, 2.45) is 10.7 Å². The van der Waals surface area contributed by atoms with Crippen molar-refractivity contribution in [3.05, 3.63) is 65.7 Å². The standard InChI is InChI=1S/C20H28N4.HI/c1-15(2)17-11-8-12-18(13-17)23-20(21)22-14-19(24(3)4)16-9-6-5-7-10-16;/h5-13,15,19H,14H2,1-4H3,(H3,21,22,23);1H. The van der Waals surface area contributed by atoms with Gasteiger partial charge in [-0.1, -0.05) is 56.3 Å². The summed E-state index contributed by atoms with van der Waals surface area (Å²) in [4.78, 5) is 6.69. The van der Waals surface area contributed by atoms with E-state index in [0.29, 0.717) is 18.4 Å². The van der Waals surface area contributed by atoms with Crippen LogP contribution in [0, 0.1) is 0 Å². The highest BCUT2D eigenvalue weighted by Crippen LogP contribution is 2.19. The van der Waals surface area contributed by atoms with Crippen molar-refractivity contribution in [1.29, 1.82) is 0 Å². The van der Waals surface area contributed by atoms with Crippen molar-refractivity contribution in [1.82, 2.24) is 4.90 Å². The van der Waals surface area contributed by atoms with Gasteiger partial charge in [0.2, 0.25) is 0 Å². The number of benzene rings is 2.